The van der Waals surface area contributed by atoms with Crippen LogP contribution in [0.3, 0.4) is 0 Å². The monoisotopic (exact) mass is 413 g/mol. The van der Waals surface area contributed by atoms with Gasteiger partial charge < -0.3 is 14.3 Å². The zero-order chi connectivity index (χ0) is 20.3. The van der Waals surface area contributed by atoms with Crippen molar-refractivity contribution in [2.24, 2.45) is 0 Å². The van der Waals surface area contributed by atoms with Crippen molar-refractivity contribution in [1.82, 2.24) is 20.0 Å². The van der Waals surface area contributed by atoms with Gasteiger partial charge in [-0.2, -0.15) is 4.98 Å². The lowest BCUT2D eigenvalue weighted by atomic mass is 10.3. The molecular weight excluding hydrogens is 394 g/mol. The normalized spacial score (nSPS) is 14.8. The Morgan fingerprint density at radius 1 is 1.00 bits per heavy atom. The minimum Gasteiger partial charge on any atom is -0.353 e. The lowest BCUT2D eigenvalue weighted by molar-refractivity contribution is 0.0696. The van der Waals surface area contributed by atoms with Crippen molar-refractivity contribution in [3.63, 3.8) is 0 Å². The second-order valence-electron chi connectivity index (χ2n) is 6.56. The summed E-state index contributed by atoms with van der Waals surface area (Å²) in [7, 11) is -3.61. The van der Waals surface area contributed by atoms with E-state index in [1.807, 2.05) is 18.2 Å². The molecule has 4 rings (SSSR count). The van der Waals surface area contributed by atoms with Gasteiger partial charge in [-0.15, -0.1) is 0 Å². The lowest BCUT2D eigenvalue weighted by Crippen LogP contribution is -2.49. The van der Waals surface area contributed by atoms with Gasteiger partial charge in [-0.3, -0.25) is 4.79 Å². The molecule has 29 heavy (non-hydrogen) atoms. The molecule has 150 valence electrons. The zero-order valence-electron chi connectivity index (χ0n) is 15.5. The third-order valence-corrected chi connectivity index (χ3v) is 6.24. The van der Waals surface area contributed by atoms with Crippen molar-refractivity contribution < 1.29 is 17.7 Å². The summed E-state index contributed by atoms with van der Waals surface area (Å²) in [6.45, 7) is 2.23. The van der Waals surface area contributed by atoms with Crippen molar-refractivity contribution in [2.75, 3.05) is 31.1 Å². The molecule has 0 spiro atoms. The van der Waals surface area contributed by atoms with Gasteiger partial charge in [-0.25, -0.2) is 13.4 Å². The Kier molecular flexibility index (Phi) is 5.26. The Morgan fingerprint density at radius 3 is 2.41 bits per heavy atom. The minimum atomic E-state index is -3.61. The van der Waals surface area contributed by atoms with E-state index in [1.165, 1.54) is 12.1 Å². The molecule has 9 nitrogen and oxygen atoms in total. The lowest BCUT2D eigenvalue weighted by Gasteiger charge is -2.34. The number of anilines is 1. The number of rotatable bonds is 5. The van der Waals surface area contributed by atoms with Gasteiger partial charge in [-0.05, 0) is 24.3 Å². The third-order valence-electron chi connectivity index (χ3n) is 4.61. The van der Waals surface area contributed by atoms with Crippen molar-refractivity contribution >= 4 is 21.6 Å². The molecular formula is C19H19N5O4S. The molecule has 0 unspecified atom stereocenters. The van der Waals surface area contributed by atoms with Crippen LogP contribution in [0.1, 0.15) is 16.5 Å². The second-order valence-corrected chi connectivity index (χ2v) is 8.54. The van der Waals surface area contributed by atoms with Gasteiger partial charge in [0.2, 0.25) is 0 Å². The molecule has 1 aliphatic heterocycles. The molecule has 0 aliphatic carbocycles. The average Bonchev–Trinajstić information content (AvgIpc) is 3.22. The first kappa shape index (κ1) is 19.1. The fourth-order valence-corrected chi connectivity index (χ4v) is 4.29. The predicted octanol–water partition coefficient (Wildman–Crippen LogP) is 1.40. The van der Waals surface area contributed by atoms with Gasteiger partial charge in [0, 0.05) is 32.4 Å². The van der Waals surface area contributed by atoms with Gasteiger partial charge in [0.1, 0.15) is 11.6 Å². The average molecular weight is 413 g/mol. The predicted molar refractivity (Wildman–Crippen MR) is 104 cm³/mol. The van der Waals surface area contributed by atoms with Crippen molar-refractivity contribution in [1.29, 1.82) is 0 Å². The Balaban J connectivity index is 1.39. The topological polar surface area (TPSA) is 109 Å². The van der Waals surface area contributed by atoms with Crippen LogP contribution in [0.4, 0.5) is 5.82 Å². The van der Waals surface area contributed by atoms with Crippen LogP contribution in [-0.2, 0) is 15.6 Å². The first-order chi connectivity index (χ1) is 14.0. The molecule has 3 heterocycles. The van der Waals surface area contributed by atoms with E-state index >= 15 is 0 Å². The van der Waals surface area contributed by atoms with Crippen LogP contribution in [0.2, 0.25) is 0 Å². The van der Waals surface area contributed by atoms with E-state index in [9.17, 15) is 13.2 Å². The molecule has 10 heteroatoms. The Morgan fingerprint density at radius 2 is 1.72 bits per heavy atom. The number of sulfone groups is 1. The Labute approximate surface area is 167 Å². The highest BCUT2D eigenvalue weighted by atomic mass is 32.2. The summed E-state index contributed by atoms with van der Waals surface area (Å²) in [5.41, 5.74) is 0. The zero-order valence-corrected chi connectivity index (χ0v) is 16.3. The molecule has 0 atom stereocenters. The fraction of sp³-hybridized carbons (Fsp3) is 0.263. The number of nitrogens with zero attached hydrogens (tertiary/aromatic N) is 5. The molecule has 1 aromatic carbocycles. The van der Waals surface area contributed by atoms with Crippen LogP contribution in [0, 0.1) is 0 Å². The molecule has 1 saturated heterocycles. The summed E-state index contributed by atoms with van der Waals surface area (Å²) in [4.78, 5) is 24.8. The summed E-state index contributed by atoms with van der Waals surface area (Å²) in [6.07, 6.45) is 1.73. The van der Waals surface area contributed by atoms with E-state index in [4.69, 9.17) is 4.52 Å². The smallest absolute Gasteiger partial charge is 0.316 e. The maximum atomic E-state index is 12.6. The van der Waals surface area contributed by atoms with E-state index in [-0.39, 0.29) is 16.6 Å². The third kappa shape index (κ3) is 4.27. The van der Waals surface area contributed by atoms with E-state index in [0.717, 1.165) is 5.82 Å². The fourth-order valence-electron chi connectivity index (χ4n) is 3.10. The van der Waals surface area contributed by atoms with Crippen molar-refractivity contribution in [3.8, 4) is 0 Å². The SMILES string of the molecule is O=C(c1nc(CS(=O)(=O)c2ccccc2)no1)N1CCN(c2ccccn2)CC1. The second kappa shape index (κ2) is 8.00. The van der Waals surface area contributed by atoms with Crippen molar-refractivity contribution in [2.45, 2.75) is 10.6 Å². The highest BCUT2D eigenvalue weighted by Crippen LogP contribution is 2.16. The highest BCUT2D eigenvalue weighted by molar-refractivity contribution is 7.90. The molecule has 1 aliphatic rings. The van der Waals surface area contributed by atoms with Crippen LogP contribution >= 0.6 is 0 Å². The maximum Gasteiger partial charge on any atom is 0.316 e. The number of amides is 1. The summed E-state index contributed by atoms with van der Waals surface area (Å²) in [5, 5.41) is 3.67. The van der Waals surface area contributed by atoms with Gasteiger partial charge in [0.15, 0.2) is 15.7 Å². The van der Waals surface area contributed by atoms with Gasteiger partial charge in [0.05, 0.1) is 4.90 Å². The van der Waals surface area contributed by atoms with Gasteiger partial charge in [-0.1, -0.05) is 29.4 Å². The van der Waals surface area contributed by atoms with E-state index in [0.29, 0.717) is 26.2 Å². The van der Waals surface area contributed by atoms with Crippen LogP contribution in [-0.4, -0.2) is 60.5 Å². The molecule has 0 bridgehead atoms. The summed E-state index contributed by atoms with van der Waals surface area (Å²) >= 11 is 0. The highest BCUT2D eigenvalue weighted by Gasteiger charge is 2.28. The maximum absolute atomic E-state index is 12.6. The van der Waals surface area contributed by atoms with Gasteiger partial charge in [0.25, 0.3) is 0 Å². The molecule has 0 N–H and O–H groups in total. The molecule has 0 radical (unpaired) electrons. The quantitative estimate of drug-likeness (QED) is 0.617. The number of piperazine rings is 1. The molecule has 3 aromatic rings. The number of hydrogen-bond donors (Lipinski definition) is 0. The first-order valence-electron chi connectivity index (χ1n) is 9.08. The van der Waals surface area contributed by atoms with Crippen LogP contribution in [0.5, 0.6) is 0 Å². The minimum absolute atomic E-state index is 0.0377. The summed E-state index contributed by atoms with van der Waals surface area (Å²) in [5.74, 6) is -0.201. The molecule has 1 fully saturated rings. The van der Waals surface area contributed by atoms with Gasteiger partial charge >= 0.3 is 11.8 Å². The van der Waals surface area contributed by atoms with Crippen LogP contribution in [0.25, 0.3) is 0 Å². The summed E-state index contributed by atoms with van der Waals surface area (Å²) in [6, 6.07) is 13.7. The van der Waals surface area contributed by atoms with Crippen molar-refractivity contribution in [3.05, 3.63) is 66.4 Å². The number of benzene rings is 1. The largest absolute Gasteiger partial charge is 0.353 e. The van der Waals surface area contributed by atoms with E-state index in [2.05, 4.69) is 20.0 Å². The number of carbonyl (C=O) groups is 1. The summed E-state index contributed by atoms with van der Waals surface area (Å²) < 4.78 is 29.9. The molecule has 1 amide bonds. The van der Waals surface area contributed by atoms with Crippen LogP contribution in [0.15, 0.2) is 64.1 Å². The van der Waals surface area contributed by atoms with E-state index in [1.54, 1.807) is 29.3 Å². The van der Waals surface area contributed by atoms with Crippen LogP contribution < -0.4 is 4.90 Å². The number of pyridine rings is 1. The number of aromatic nitrogens is 3. The Hall–Kier alpha value is -3.27. The number of hydrogen-bond acceptors (Lipinski definition) is 8. The number of carbonyl (C=O) groups excluding carboxylic acids is 1. The standard InChI is InChI=1S/C19H19N5O4S/c25-19(24-12-10-23(11-13-24)17-8-4-5-9-20-17)18-21-16(22-28-18)14-29(26,27)15-6-2-1-3-7-15/h1-9H,10-14H2. The first-order valence-corrected chi connectivity index (χ1v) is 10.7. The molecule has 0 saturated carbocycles. The Bertz CT molecular complexity index is 1080. The molecule has 2 aromatic heterocycles. The van der Waals surface area contributed by atoms with E-state index < -0.39 is 21.5 Å².